The molecule has 2 aromatic heterocycles. The van der Waals surface area contributed by atoms with Gasteiger partial charge < -0.3 is 16.2 Å². The fraction of sp³-hybridized carbons (Fsp3) is 0.0400. The summed E-state index contributed by atoms with van der Waals surface area (Å²) in [5.74, 6) is 1.10. The van der Waals surface area contributed by atoms with Crippen molar-refractivity contribution in [2.75, 3.05) is 5.73 Å². The number of nitrogens with two attached hydrogens (primary N) is 2. The monoisotopic (exact) mass is 436 g/mol. The predicted octanol–water partition coefficient (Wildman–Crippen LogP) is 3.72. The van der Waals surface area contributed by atoms with Crippen LogP contribution in [0.15, 0.2) is 85.2 Å². The quantitative estimate of drug-likeness (QED) is 0.418. The van der Waals surface area contributed by atoms with Gasteiger partial charge in [-0.3, -0.25) is 4.79 Å². The van der Waals surface area contributed by atoms with Crippen molar-refractivity contribution >= 4 is 17.2 Å². The number of rotatable bonds is 6. The molecule has 0 unspecified atom stereocenters. The highest BCUT2D eigenvalue weighted by molar-refractivity contribution is 5.93. The van der Waals surface area contributed by atoms with E-state index in [-0.39, 0.29) is 0 Å². The van der Waals surface area contributed by atoms with Gasteiger partial charge in [-0.05, 0) is 29.8 Å². The van der Waals surface area contributed by atoms with Crippen LogP contribution in [0.25, 0.3) is 28.2 Å². The normalized spacial score (nSPS) is 10.9. The van der Waals surface area contributed by atoms with Gasteiger partial charge in [0, 0.05) is 16.7 Å². The number of hydrogen-bond acceptors (Lipinski definition) is 6. The fourth-order valence-corrected chi connectivity index (χ4v) is 3.60. The highest BCUT2D eigenvalue weighted by Crippen LogP contribution is 2.33. The Labute approximate surface area is 189 Å². The number of nitrogen functional groups attached to an aromatic ring is 1. The van der Waals surface area contributed by atoms with Crippen LogP contribution >= 0.6 is 0 Å². The number of aromatic nitrogens is 4. The van der Waals surface area contributed by atoms with Crippen molar-refractivity contribution in [3.63, 3.8) is 0 Å². The zero-order valence-electron chi connectivity index (χ0n) is 17.6. The van der Waals surface area contributed by atoms with Gasteiger partial charge in [-0.15, -0.1) is 0 Å². The van der Waals surface area contributed by atoms with Crippen LogP contribution in [0.2, 0.25) is 0 Å². The SMILES string of the molecule is NC(=O)c1ccc(-c2nc(-c3cccc(OCc4ccccc4)c3)c3c(N)ncnn23)cc1. The smallest absolute Gasteiger partial charge is 0.248 e. The average Bonchev–Trinajstić information content (AvgIpc) is 3.25. The third-order valence-electron chi connectivity index (χ3n) is 5.24. The number of carbonyl (C=O) groups excluding carboxylic acids is 1. The summed E-state index contributed by atoms with van der Waals surface area (Å²) in [5, 5.41) is 4.36. The minimum Gasteiger partial charge on any atom is -0.489 e. The van der Waals surface area contributed by atoms with Crippen LogP contribution in [0, 0.1) is 0 Å². The van der Waals surface area contributed by atoms with Crippen LogP contribution in [0.4, 0.5) is 5.82 Å². The molecule has 5 rings (SSSR count). The van der Waals surface area contributed by atoms with E-state index in [1.165, 1.54) is 6.33 Å². The number of fused-ring (bicyclic) bond motifs is 1. The number of benzene rings is 3. The van der Waals surface area contributed by atoms with Gasteiger partial charge in [0.1, 0.15) is 29.9 Å². The van der Waals surface area contributed by atoms with Gasteiger partial charge in [-0.1, -0.05) is 54.6 Å². The molecule has 1 amide bonds. The molecule has 0 fully saturated rings. The van der Waals surface area contributed by atoms with Gasteiger partial charge in [0.15, 0.2) is 11.6 Å². The standard InChI is InChI=1S/C25H20N6O2/c26-23-22-21(19-7-4-8-20(13-19)33-14-16-5-2-1-3-6-16)30-25(31(22)29-15-28-23)18-11-9-17(10-12-18)24(27)32/h1-13,15H,14H2,(H2,27,32)(H2,26,28,29). The molecule has 8 nitrogen and oxygen atoms in total. The lowest BCUT2D eigenvalue weighted by molar-refractivity contribution is 0.100. The topological polar surface area (TPSA) is 121 Å². The van der Waals surface area contributed by atoms with Crippen LogP contribution in [0.3, 0.4) is 0 Å². The minimum absolute atomic E-state index is 0.308. The maximum atomic E-state index is 11.4. The van der Waals surface area contributed by atoms with E-state index in [1.54, 1.807) is 28.8 Å². The second kappa shape index (κ2) is 8.43. The Morgan fingerprint density at radius 3 is 2.48 bits per heavy atom. The van der Waals surface area contributed by atoms with Crippen molar-refractivity contribution < 1.29 is 9.53 Å². The summed E-state index contributed by atoms with van der Waals surface area (Å²) in [7, 11) is 0. The summed E-state index contributed by atoms with van der Waals surface area (Å²) < 4.78 is 7.63. The van der Waals surface area contributed by atoms with E-state index in [0.29, 0.717) is 40.8 Å². The summed E-state index contributed by atoms with van der Waals surface area (Å²) in [6, 6.07) is 24.5. The molecule has 2 heterocycles. The maximum absolute atomic E-state index is 11.4. The predicted molar refractivity (Wildman–Crippen MR) is 125 cm³/mol. The van der Waals surface area contributed by atoms with Crippen molar-refractivity contribution in [2.45, 2.75) is 6.61 Å². The Morgan fingerprint density at radius 1 is 0.939 bits per heavy atom. The summed E-state index contributed by atoms with van der Waals surface area (Å²) in [6.45, 7) is 0.455. The third kappa shape index (κ3) is 3.97. The van der Waals surface area contributed by atoms with Crippen molar-refractivity contribution in [3.05, 3.63) is 96.3 Å². The van der Waals surface area contributed by atoms with Gasteiger partial charge in [-0.25, -0.2) is 14.5 Å². The van der Waals surface area contributed by atoms with Gasteiger partial charge in [0.2, 0.25) is 5.91 Å². The van der Waals surface area contributed by atoms with Crippen molar-refractivity contribution in [1.29, 1.82) is 0 Å². The summed E-state index contributed by atoms with van der Waals surface area (Å²) in [6.07, 6.45) is 1.38. The van der Waals surface area contributed by atoms with Crippen molar-refractivity contribution in [1.82, 2.24) is 19.6 Å². The summed E-state index contributed by atoms with van der Waals surface area (Å²) in [4.78, 5) is 20.4. The van der Waals surface area contributed by atoms with Gasteiger partial charge in [0.25, 0.3) is 0 Å². The molecule has 0 saturated carbocycles. The Bertz CT molecular complexity index is 1450. The number of hydrogen-bond donors (Lipinski definition) is 2. The Morgan fingerprint density at radius 2 is 1.73 bits per heavy atom. The lowest BCUT2D eigenvalue weighted by Crippen LogP contribution is -2.10. The molecular formula is C25H20N6O2. The summed E-state index contributed by atoms with van der Waals surface area (Å²) in [5.41, 5.74) is 15.9. The van der Waals surface area contributed by atoms with E-state index < -0.39 is 5.91 Å². The van der Waals surface area contributed by atoms with Crippen molar-refractivity contribution in [2.24, 2.45) is 5.73 Å². The molecule has 4 N–H and O–H groups in total. The molecule has 5 aromatic rings. The highest BCUT2D eigenvalue weighted by atomic mass is 16.5. The third-order valence-corrected chi connectivity index (χ3v) is 5.24. The number of carbonyl (C=O) groups is 1. The van der Waals surface area contributed by atoms with E-state index in [2.05, 4.69) is 10.1 Å². The second-order valence-electron chi connectivity index (χ2n) is 7.43. The van der Waals surface area contributed by atoms with Crippen LogP contribution in [0.1, 0.15) is 15.9 Å². The molecule has 0 saturated heterocycles. The largest absolute Gasteiger partial charge is 0.489 e. The number of anilines is 1. The lowest BCUT2D eigenvalue weighted by Gasteiger charge is -2.08. The van der Waals surface area contributed by atoms with E-state index in [1.807, 2.05) is 54.6 Å². The highest BCUT2D eigenvalue weighted by Gasteiger charge is 2.19. The zero-order valence-corrected chi connectivity index (χ0v) is 17.6. The first-order valence-electron chi connectivity index (χ1n) is 10.3. The van der Waals surface area contributed by atoms with E-state index in [4.69, 9.17) is 21.2 Å². The molecule has 0 spiro atoms. The Hall–Kier alpha value is -4.72. The Kier molecular flexibility index (Phi) is 5.16. The number of nitrogens with zero attached hydrogens (tertiary/aromatic N) is 4. The van der Waals surface area contributed by atoms with E-state index >= 15 is 0 Å². The maximum Gasteiger partial charge on any atom is 0.248 e. The average molecular weight is 436 g/mol. The van der Waals surface area contributed by atoms with Crippen LogP contribution in [-0.4, -0.2) is 25.5 Å². The van der Waals surface area contributed by atoms with Gasteiger partial charge >= 0.3 is 0 Å². The molecule has 3 aromatic carbocycles. The van der Waals surface area contributed by atoms with Crippen LogP contribution in [0.5, 0.6) is 5.75 Å². The summed E-state index contributed by atoms with van der Waals surface area (Å²) >= 11 is 0. The van der Waals surface area contributed by atoms with Crippen molar-refractivity contribution in [3.8, 4) is 28.4 Å². The van der Waals surface area contributed by atoms with Gasteiger partial charge in [0.05, 0.1) is 0 Å². The molecule has 0 aliphatic carbocycles. The van der Waals surface area contributed by atoms with Crippen LogP contribution < -0.4 is 16.2 Å². The molecule has 0 aliphatic rings. The number of ether oxygens (including phenoxy) is 1. The van der Waals surface area contributed by atoms with Crippen LogP contribution in [-0.2, 0) is 6.61 Å². The second-order valence-corrected chi connectivity index (χ2v) is 7.43. The lowest BCUT2D eigenvalue weighted by atomic mass is 10.1. The van der Waals surface area contributed by atoms with E-state index in [0.717, 1.165) is 16.7 Å². The minimum atomic E-state index is -0.492. The zero-order chi connectivity index (χ0) is 22.8. The molecule has 33 heavy (non-hydrogen) atoms. The Balaban J connectivity index is 1.55. The van der Waals surface area contributed by atoms with Gasteiger partial charge in [-0.2, -0.15) is 5.10 Å². The molecule has 162 valence electrons. The first-order valence-corrected chi connectivity index (χ1v) is 10.3. The number of imidazole rings is 1. The first-order chi connectivity index (χ1) is 16.1. The molecule has 8 heteroatoms. The number of primary amides is 1. The molecule has 0 bridgehead atoms. The number of amides is 1. The fourth-order valence-electron chi connectivity index (χ4n) is 3.60. The van der Waals surface area contributed by atoms with E-state index in [9.17, 15) is 4.79 Å². The molecule has 0 radical (unpaired) electrons. The molecular weight excluding hydrogens is 416 g/mol. The molecule has 0 aliphatic heterocycles. The first kappa shape index (κ1) is 20.2. The molecule has 0 atom stereocenters.